The molecule has 0 aromatic carbocycles. The van der Waals surface area contributed by atoms with Crippen molar-refractivity contribution in [1.82, 2.24) is 9.71 Å². The SMILES string of the molecule is Cc1ccc(S(=O)(=O)NCCOC2(CN)CCOCC2)c(Cl)n1. The van der Waals surface area contributed by atoms with Crippen LogP contribution in [0.4, 0.5) is 0 Å². The van der Waals surface area contributed by atoms with E-state index in [1.54, 1.807) is 13.0 Å². The molecule has 2 rings (SSSR count). The van der Waals surface area contributed by atoms with Gasteiger partial charge in [-0.15, -0.1) is 0 Å². The Labute approximate surface area is 141 Å². The molecule has 0 unspecified atom stereocenters. The minimum absolute atomic E-state index is 0.0376. The summed E-state index contributed by atoms with van der Waals surface area (Å²) in [5.41, 5.74) is 6.02. The lowest BCUT2D eigenvalue weighted by Gasteiger charge is -2.36. The van der Waals surface area contributed by atoms with Gasteiger partial charge in [0.15, 0.2) is 0 Å². The number of nitrogens with two attached hydrogens (primary N) is 1. The third-order valence-corrected chi connectivity index (χ3v) is 5.71. The number of nitrogens with one attached hydrogen (secondary N) is 1. The summed E-state index contributed by atoms with van der Waals surface area (Å²) in [4.78, 5) is 3.91. The predicted octanol–water partition coefficient (Wildman–Crippen LogP) is 0.846. The van der Waals surface area contributed by atoms with E-state index in [0.717, 1.165) is 0 Å². The zero-order valence-corrected chi connectivity index (χ0v) is 14.6. The zero-order valence-electron chi connectivity index (χ0n) is 13.0. The van der Waals surface area contributed by atoms with E-state index in [1.807, 2.05) is 0 Å². The van der Waals surface area contributed by atoms with E-state index in [-0.39, 0.29) is 23.2 Å². The molecule has 9 heteroatoms. The fraction of sp³-hybridized carbons (Fsp3) is 0.643. The van der Waals surface area contributed by atoms with Gasteiger partial charge in [0.1, 0.15) is 10.0 Å². The third kappa shape index (κ3) is 4.85. The molecule has 0 spiro atoms. The number of rotatable bonds is 7. The number of aryl methyl sites for hydroxylation is 1. The molecule has 130 valence electrons. The van der Waals surface area contributed by atoms with E-state index in [2.05, 4.69) is 9.71 Å². The van der Waals surface area contributed by atoms with Crippen molar-refractivity contribution >= 4 is 21.6 Å². The second-order valence-corrected chi connectivity index (χ2v) is 7.58. The Morgan fingerprint density at radius 3 is 2.74 bits per heavy atom. The van der Waals surface area contributed by atoms with E-state index in [0.29, 0.717) is 38.3 Å². The predicted molar refractivity (Wildman–Crippen MR) is 87.0 cm³/mol. The standard InChI is InChI=1S/C14H22ClN3O4S/c1-11-2-3-12(13(15)18-11)23(19,20)17-6-9-22-14(10-16)4-7-21-8-5-14/h2-3,17H,4-10,16H2,1H3. The highest BCUT2D eigenvalue weighted by Crippen LogP contribution is 2.24. The Balaban J connectivity index is 1.89. The minimum atomic E-state index is -3.72. The average Bonchev–Trinajstić information content (AvgIpc) is 2.52. The van der Waals surface area contributed by atoms with Gasteiger partial charge in [0.25, 0.3) is 0 Å². The molecule has 1 aliphatic rings. The monoisotopic (exact) mass is 363 g/mol. The van der Waals surface area contributed by atoms with Crippen LogP contribution in [0.15, 0.2) is 17.0 Å². The molecule has 1 aliphatic heterocycles. The van der Waals surface area contributed by atoms with Crippen molar-refractivity contribution in [3.8, 4) is 0 Å². The maximum Gasteiger partial charge on any atom is 0.243 e. The Morgan fingerprint density at radius 2 is 2.13 bits per heavy atom. The molecular weight excluding hydrogens is 342 g/mol. The van der Waals surface area contributed by atoms with Gasteiger partial charge in [0.05, 0.1) is 12.2 Å². The van der Waals surface area contributed by atoms with Crippen LogP contribution in [-0.4, -0.2) is 51.9 Å². The second-order valence-electron chi connectivity index (χ2n) is 5.49. The minimum Gasteiger partial charge on any atom is -0.381 e. The van der Waals surface area contributed by atoms with Gasteiger partial charge < -0.3 is 15.2 Å². The van der Waals surface area contributed by atoms with Crippen molar-refractivity contribution in [3.05, 3.63) is 23.0 Å². The highest BCUT2D eigenvalue weighted by molar-refractivity contribution is 7.89. The molecule has 1 aromatic rings. The van der Waals surface area contributed by atoms with Gasteiger partial charge >= 0.3 is 0 Å². The van der Waals surface area contributed by atoms with Crippen molar-refractivity contribution in [2.75, 3.05) is 32.9 Å². The van der Waals surface area contributed by atoms with Gasteiger partial charge in [-0.25, -0.2) is 18.1 Å². The number of halogens is 1. The summed E-state index contributed by atoms with van der Waals surface area (Å²) in [6, 6.07) is 3.04. The number of hydrogen-bond donors (Lipinski definition) is 2. The lowest BCUT2D eigenvalue weighted by atomic mass is 9.94. The van der Waals surface area contributed by atoms with Crippen LogP contribution in [0.3, 0.4) is 0 Å². The molecule has 0 aliphatic carbocycles. The first-order valence-electron chi connectivity index (χ1n) is 7.43. The van der Waals surface area contributed by atoms with Gasteiger partial charge in [0.2, 0.25) is 10.0 Å². The normalized spacial score (nSPS) is 18.0. The first kappa shape index (κ1) is 18.6. The van der Waals surface area contributed by atoms with E-state index in [9.17, 15) is 8.42 Å². The molecule has 3 N–H and O–H groups in total. The fourth-order valence-corrected chi connectivity index (χ4v) is 3.91. The van der Waals surface area contributed by atoms with E-state index < -0.39 is 15.6 Å². The lowest BCUT2D eigenvalue weighted by molar-refractivity contribution is -0.103. The van der Waals surface area contributed by atoms with E-state index in [4.69, 9.17) is 26.8 Å². The third-order valence-electron chi connectivity index (χ3n) is 3.82. The Kier molecular flexibility index (Phi) is 6.35. The zero-order chi connectivity index (χ0) is 16.9. The highest BCUT2D eigenvalue weighted by atomic mass is 35.5. The average molecular weight is 364 g/mol. The molecule has 1 aromatic heterocycles. The van der Waals surface area contributed by atoms with Gasteiger partial charge in [-0.2, -0.15) is 0 Å². The summed E-state index contributed by atoms with van der Waals surface area (Å²) in [5, 5.41) is -0.0405. The highest BCUT2D eigenvalue weighted by Gasteiger charge is 2.32. The summed E-state index contributed by atoms with van der Waals surface area (Å²) in [6.45, 7) is 3.70. The fourth-order valence-electron chi connectivity index (χ4n) is 2.38. The summed E-state index contributed by atoms with van der Waals surface area (Å²) in [5.74, 6) is 0. The van der Waals surface area contributed by atoms with E-state index in [1.165, 1.54) is 6.07 Å². The van der Waals surface area contributed by atoms with Crippen molar-refractivity contribution < 1.29 is 17.9 Å². The van der Waals surface area contributed by atoms with Crippen LogP contribution < -0.4 is 10.5 Å². The molecule has 0 saturated carbocycles. The molecule has 1 saturated heterocycles. The van der Waals surface area contributed by atoms with Crippen molar-refractivity contribution in [2.45, 2.75) is 30.3 Å². The van der Waals surface area contributed by atoms with Crippen LogP contribution in [0.5, 0.6) is 0 Å². The van der Waals surface area contributed by atoms with E-state index >= 15 is 0 Å². The maximum absolute atomic E-state index is 12.2. The van der Waals surface area contributed by atoms with Crippen molar-refractivity contribution in [2.24, 2.45) is 5.73 Å². The second kappa shape index (κ2) is 7.87. The molecule has 2 heterocycles. The van der Waals surface area contributed by atoms with Crippen LogP contribution in [0, 0.1) is 6.92 Å². The molecule has 0 bridgehead atoms. The first-order valence-corrected chi connectivity index (χ1v) is 9.29. The summed E-state index contributed by atoms with van der Waals surface area (Å²) in [7, 11) is -3.72. The van der Waals surface area contributed by atoms with Crippen LogP contribution in [0.25, 0.3) is 0 Å². The number of ether oxygens (including phenoxy) is 2. The molecule has 0 radical (unpaired) electrons. The largest absolute Gasteiger partial charge is 0.381 e. The van der Waals surface area contributed by atoms with Crippen LogP contribution in [0.1, 0.15) is 18.5 Å². The van der Waals surface area contributed by atoms with Crippen LogP contribution in [0.2, 0.25) is 5.15 Å². The molecule has 23 heavy (non-hydrogen) atoms. The summed E-state index contributed by atoms with van der Waals surface area (Å²) < 4.78 is 38.0. The quantitative estimate of drug-likeness (QED) is 0.549. The van der Waals surface area contributed by atoms with Crippen molar-refractivity contribution in [3.63, 3.8) is 0 Å². The number of pyridine rings is 1. The molecule has 0 amide bonds. The van der Waals surface area contributed by atoms with Crippen LogP contribution >= 0.6 is 11.6 Å². The molecule has 7 nitrogen and oxygen atoms in total. The van der Waals surface area contributed by atoms with Gasteiger partial charge in [-0.3, -0.25) is 0 Å². The smallest absolute Gasteiger partial charge is 0.243 e. The Morgan fingerprint density at radius 1 is 1.43 bits per heavy atom. The molecule has 1 fully saturated rings. The topological polar surface area (TPSA) is 104 Å². The Bertz CT molecular complexity index is 633. The van der Waals surface area contributed by atoms with Gasteiger partial charge in [-0.05, 0) is 19.1 Å². The molecule has 0 atom stereocenters. The summed E-state index contributed by atoms with van der Waals surface area (Å²) in [6.07, 6.45) is 1.42. The van der Waals surface area contributed by atoms with Crippen molar-refractivity contribution in [1.29, 1.82) is 0 Å². The van der Waals surface area contributed by atoms with Gasteiger partial charge in [-0.1, -0.05) is 11.6 Å². The number of aromatic nitrogens is 1. The number of sulfonamides is 1. The number of nitrogens with zero attached hydrogens (tertiary/aromatic N) is 1. The summed E-state index contributed by atoms with van der Waals surface area (Å²) >= 11 is 5.90. The van der Waals surface area contributed by atoms with Crippen LogP contribution in [-0.2, 0) is 19.5 Å². The maximum atomic E-state index is 12.2. The van der Waals surface area contributed by atoms with Gasteiger partial charge in [0, 0.05) is 44.8 Å². The molecular formula is C14H22ClN3O4S. The lowest BCUT2D eigenvalue weighted by Crippen LogP contribution is -2.46. The first-order chi connectivity index (χ1) is 10.9. The Hall–Kier alpha value is -0.770. The number of hydrogen-bond acceptors (Lipinski definition) is 6.